The Kier molecular flexibility index (Phi) is 6.31. The van der Waals surface area contributed by atoms with Crippen LogP contribution in [0.1, 0.15) is 26.3 Å². The number of hydrogen-bond acceptors (Lipinski definition) is 5. The van der Waals surface area contributed by atoms with E-state index in [4.69, 9.17) is 4.74 Å². The Labute approximate surface area is 174 Å². The van der Waals surface area contributed by atoms with E-state index in [0.717, 1.165) is 16.1 Å². The molecule has 6 nitrogen and oxygen atoms in total. The Morgan fingerprint density at radius 3 is 2.28 bits per heavy atom. The van der Waals surface area contributed by atoms with Crippen LogP contribution in [0, 0.1) is 10.1 Å². The van der Waals surface area contributed by atoms with Crippen molar-refractivity contribution in [3.63, 3.8) is 0 Å². The number of ketones is 1. The molecule has 0 bridgehead atoms. The van der Waals surface area contributed by atoms with E-state index in [-0.39, 0.29) is 22.8 Å². The molecule has 0 spiro atoms. The van der Waals surface area contributed by atoms with E-state index in [0.29, 0.717) is 5.56 Å². The Morgan fingerprint density at radius 1 is 0.931 bits per heavy atom. The van der Waals surface area contributed by atoms with Crippen molar-refractivity contribution < 1.29 is 19.2 Å². The summed E-state index contributed by atoms with van der Waals surface area (Å²) in [5, 5.41) is 10.8. The predicted octanol–water partition coefficient (Wildman–Crippen LogP) is 5.47. The average Bonchev–Trinajstić information content (AvgIpc) is 2.73. The van der Waals surface area contributed by atoms with Gasteiger partial charge in [-0.25, -0.2) is 4.79 Å². The van der Waals surface area contributed by atoms with Gasteiger partial charge in [-0.2, -0.15) is 0 Å². The molecule has 0 aromatic heterocycles. The first-order valence-corrected chi connectivity index (χ1v) is 9.26. The number of nitro benzene ring substituents is 1. The van der Waals surface area contributed by atoms with Gasteiger partial charge in [0.25, 0.3) is 5.69 Å². The number of nitrogens with zero attached hydrogens (tertiary/aromatic N) is 1. The molecule has 0 unspecified atom stereocenters. The fourth-order valence-corrected chi connectivity index (χ4v) is 2.71. The molecule has 0 radical (unpaired) electrons. The molecular weight excluding hydrogens is 438 g/mol. The fraction of sp³-hybridized carbons (Fsp3) is 0. The number of non-ortho nitro benzene ring substituents is 1. The molecular formula is C22H14BrNO5. The van der Waals surface area contributed by atoms with Crippen molar-refractivity contribution in [1.29, 1.82) is 0 Å². The molecule has 0 aliphatic rings. The minimum absolute atomic E-state index is 0.0864. The largest absolute Gasteiger partial charge is 0.423 e. The van der Waals surface area contributed by atoms with E-state index in [9.17, 15) is 19.7 Å². The second-order valence-electron chi connectivity index (χ2n) is 5.97. The number of benzene rings is 3. The van der Waals surface area contributed by atoms with Crippen LogP contribution in [0.4, 0.5) is 5.69 Å². The first-order chi connectivity index (χ1) is 13.9. The van der Waals surface area contributed by atoms with E-state index >= 15 is 0 Å². The molecule has 3 aromatic rings. The lowest BCUT2D eigenvalue weighted by atomic mass is 10.1. The van der Waals surface area contributed by atoms with Gasteiger partial charge >= 0.3 is 5.97 Å². The average molecular weight is 452 g/mol. The molecule has 7 heteroatoms. The van der Waals surface area contributed by atoms with Crippen molar-refractivity contribution in [2.75, 3.05) is 0 Å². The van der Waals surface area contributed by atoms with E-state index in [1.54, 1.807) is 54.6 Å². The van der Waals surface area contributed by atoms with E-state index in [2.05, 4.69) is 15.9 Å². The van der Waals surface area contributed by atoms with Crippen molar-refractivity contribution in [3.05, 3.63) is 110 Å². The maximum atomic E-state index is 12.2. The van der Waals surface area contributed by atoms with Crippen LogP contribution >= 0.6 is 15.9 Å². The molecule has 0 atom stereocenters. The zero-order chi connectivity index (χ0) is 20.8. The van der Waals surface area contributed by atoms with Gasteiger partial charge in [-0.3, -0.25) is 14.9 Å². The number of rotatable bonds is 6. The standard InChI is InChI=1S/C22H14BrNO5/c23-18-9-7-16(8-10-18)21(25)13-6-15-4-11-20(12-5-15)29-22(26)17-2-1-3-19(14-17)24(27)28/h1-14H. The van der Waals surface area contributed by atoms with Crippen molar-refractivity contribution in [1.82, 2.24) is 0 Å². The van der Waals surface area contributed by atoms with Gasteiger partial charge in [0, 0.05) is 22.2 Å². The molecule has 0 aliphatic carbocycles. The van der Waals surface area contributed by atoms with Crippen LogP contribution < -0.4 is 4.74 Å². The second kappa shape index (κ2) is 9.07. The SMILES string of the molecule is O=C(C=Cc1ccc(OC(=O)c2cccc([N+](=O)[O-])c2)cc1)c1ccc(Br)cc1. The van der Waals surface area contributed by atoms with Crippen LogP contribution in [0.25, 0.3) is 6.08 Å². The zero-order valence-corrected chi connectivity index (χ0v) is 16.5. The quantitative estimate of drug-likeness (QED) is 0.124. The summed E-state index contributed by atoms with van der Waals surface area (Å²) >= 11 is 3.32. The number of carbonyl (C=O) groups is 2. The van der Waals surface area contributed by atoms with Gasteiger partial charge in [-0.15, -0.1) is 0 Å². The summed E-state index contributed by atoms with van der Waals surface area (Å²) in [5.74, 6) is -0.529. The highest BCUT2D eigenvalue weighted by Crippen LogP contribution is 2.18. The number of nitro groups is 1. The maximum absolute atomic E-state index is 12.2. The molecule has 3 rings (SSSR count). The number of ether oxygens (including phenoxy) is 1. The summed E-state index contributed by atoms with van der Waals surface area (Å²) in [4.78, 5) is 34.5. The van der Waals surface area contributed by atoms with E-state index in [1.807, 2.05) is 0 Å². The minimum atomic E-state index is -0.692. The molecule has 3 aromatic carbocycles. The van der Waals surface area contributed by atoms with Gasteiger partial charge < -0.3 is 4.74 Å². The molecule has 0 saturated carbocycles. The van der Waals surface area contributed by atoms with Crippen LogP contribution in [-0.2, 0) is 0 Å². The van der Waals surface area contributed by atoms with Crippen LogP contribution in [0.2, 0.25) is 0 Å². The number of allylic oxidation sites excluding steroid dienone is 1. The molecule has 0 amide bonds. The number of esters is 1. The summed E-state index contributed by atoms with van der Waals surface area (Å²) in [7, 11) is 0. The molecule has 144 valence electrons. The van der Waals surface area contributed by atoms with Crippen LogP contribution in [0.3, 0.4) is 0 Å². The number of halogens is 1. The first-order valence-electron chi connectivity index (χ1n) is 8.47. The Morgan fingerprint density at radius 2 is 1.62 bits per heavy atom. The summed E-state index contributed by atoms with van der Waals surface area (Å²) in [6, 6.07) is 18.9. The molecule has 0 heterocycles. The smallest absolute Gasteiger partial charge is 0.343 e. The summed E-state index contributed by atoms with van der Waals surface area (Å²) in [6.45, 7) is 0. The third-order valence-corrected chi connectivity index (χ3v) is 4.47. The van der Waals surface area contributed by atoms with Gasteiger partial charge in [-0.1, -0.05) is 40.2 Å². The van der Waals surface area contributed by atoms with Crippen LogP contribution in [-0.4, -0.2) is 16.7 Å². The molecule has 0 aliphatic heterocycles. The van der Waals surface area contributed by atoms with Gasteiger partial charge in [0.2, 0.25) is 0 Å². The highest BCUT2D eigenvalue weighted by Gasteiger charge is 2.13. The number of carbonyl (C=O) groups excluding carboxylic acids is 2. The van der Waals surface area contributed by atoms with Crippen molar-refractivity contribution in [2.45, 2.75) is 0 Å². The van der Waals surface area contributed by atoms with Gasteiger partial charge in [0.05, 0.1) is 10.5 Å². The Hall–Kier alpha value is -3.58. The Bertz CT molecular complexity index is 1090. The lowest BCUT2D eigenvalue weighted by Crippen LogP contribution is -2.08. The Balaban J connectivity index is 1.64. The first kappa shape index (κ1) is 20.2. The predicted molar refractivity (Wildman–Crippen MR) is 112 cm³/mol. The second-order valence-corrected chi connectivity index (χ2v) is 6.89. The highest BCUT2D eigenvalue weighted by molar-refractivity contribution is 9.10. The summed E-state index contributed by atoms with van der Waals surface area (Å²) in [5.41, 5.74) is 1.23. The summed E-state index contributed by atoms with van der Waals surface area (Å²) in [6.07, 6.45) is 3.13. The monoisotopic (exact) mass is 451 g/mol. The third-order valence-electron chi connectivity index (χ3n) is 3.94. The summed E-state index contributed by atoms with van der Waals surface area (Å²) < 4.78 is 6.14. The molecule has 0 N–H and O–H groups in total. The van der Waals surface area contributed by atoms with Crippen molar-refractivity contribution >= 4 is 39.4 Å². The van der Waals surface area contributed by atoms with Gasteiger partial charge in [0.15, 0.2) is 5.78 Å². The minimum Gasteiger partial charge on any atom is -0.423 e. The maximum Gasteiger partial charge on any atom is 0.343 e. The lowest BCUT2D eigenvalue weighted by Gasteiger charge is -2.04. The van der Waals surface area contributed by atoms with Crippen LogP contribution in [0.5, 0.6) is 5.75 Å². The topological polar surface area (TPSA) is 86.5 Å². The van der Waals surface area contributed by atoms with Gasteiger partial charge in [0.1, 0.15) is 5.75 Å². The van der Waals surface area contributed by atoms with E-state index in [1.165, 1.54) is 24.3 Å². The number of hydrogen-bond donors (Lipinski definition) is 0. The fourth-order valence-electron chi connectivity index (χ4n) is 2.44. The van der Waals surface area contributed by atoms with E-state index < -0.39 is 10.9 Å². The van der Waals surface area contributed by atoms with Crippen molar-refractivity contribution in [3.8, 4) is 5.75 Å². The molecule has 0 saturated heterocycles. The molecule has 29 heavy (non-hydrogen) atoms. The molecule has 0 fully saturated rings. The normalized spacial score (nSPS) is 10.7. The zero-order valence-electron chi connectivity index (χ0n) is 14.9. The third kappa shape index (κ3) is 5.46. The van der Waals surface area contributed by atoms with Crippen LogP contribution in [0.15, 0.2) is 83.3 Å². The lowest BCUT2D eigenvalue weighted by molar-refractivity contribution is -0.384. The van der Waals surface area contributed by atoms with Gasteiger partial charge in [-0.05, 0) is 54.1 Å². The van der Waals surface area contributed by atoms with Crippen molar-refractivity contribution in [2.24, 2.45) is 0 Å². The highest BCUT2D eigenvalue weighted by atomic mass is 79.9.